The molecular weight excluding hydrogens is 704 g/mol. The van der Waals surface area contributed by atoms with Crippen LogP contribution in [0.2, 0.25) is 0 Å². The number of rotatable bonds is 8. The molecule has 8 rings (SSSR count). The molecule has 0 aliphatic carbocycles. The Morgan fingerprint density at radius 3 is 1.80 bits per heavy atom. The Hall–Kier alpha value is -6.23. The van der Waals surface area contributed by atoms with Crippen molar-refractivity contribution in [1.29, 1.82) is 0 Å². The fourth-order valence-electron chi connectivity index (χ4n) is 5.37. The number of pyridine rings is 1. The standard InChI is InChI=1S/C18H19N7O.C15H12BrN7O/c1-10(2)12-8-11(5-6-13(12)19)9-25-17-16(23-24-25)15(21-18(20)22-17)14-4-3-7-26-14;16-7-9-3-1-4-10(18-9)8-23-14-13(21-22-23)12(19-15(17)20-14)11-5-2-6-24-11/h3-8,10H,9,19H2,1-2H3,(H2,20,21,22);1-6H,7-8H2,(H2,17,19,20). The van der Waals surface area contributed by atoms with Gasteiger partial charge in [0.25, 0.3) is 0 Å². The second-order valence-corrected chi connectivity index (χ2v) is 12.1. The molecule has 0 aliphatic heterocycles. The molecule has 6 N–H and O–H groups in total. The molecule has 7 heterocycles. The molecule has 8 aromatic rings. The Morgan fingerprint density at radius 1 is 0.680 bits per heavy atom. The number of alkyl halides is 1. The van der Waals surface area contributed by atoms with Crippen LogP contribution in [0.3, 0.4) is 0 Å². The monoisotopic (exact) mass is 734 g/mol. The van der Waals surface area contributed by atoms with Crippen LogP contribution >= 0.6 is 15.9 Å². The molecule has 0 bridgehead atoms. The molecule has 0 saturated carbocycles. The summed E-state index contributed by atoms with van der Waals surface area (Å²) in [5, 5.41) is 17.5. The van der Waals surface area contributed by atoms with E-state index in [2.05, 4.69) is 81.4 Å². The molecule has 17 heteroatoms. The fraction of sp³-hybridized carbons (Fsp3) is 0.182. The summed E-state index contributed by atoms with van der Waals surface area (Å²) in [4.78, 5) is 21.6. The first-order chi connectivity index (χ1) is 24.3. The summed E-state index contributed by atoms with van der Waals surface area (Å²) in [5.74, 6) is 1.77. The number of nitrogen functional groups attached to an aromatic ring is 3. The molecule has 252 valence electrons. The first kappa shape index (κ1) is 32.3. The maximum atomic E-state index is 6.07. The lowest BCUT2D eigenvalue weighted by Gasteiger charge is -2.11. The van der Waals surface area contributed by atoms with Gasteiger partial charge in [-0.05, 0) is 59.5 Å². The Bertz CT molecular complexity index is 2400. The number of furan rings is 2. The molecule has 16 nitrogen and oxygen atoms in total. The number of halogens is 1. The van der Waals surface area contributed by atoms with Crippen LogP contribution < -0.4 is 17.2 Å². The van der Waals surface area contributed by atoms with Crippen molar-refractivity contribution in [2.24, 2.45) is 0 Å². The van der Waals surface area contributed by atoms with Crippen molar-refractivity contribution in [3.05, 3.63) is 95.7 Å². The highest BCUT2D eigenvalue weighted by atomic mass is 79.9. The molecule has 0 spiro atoms. The van der Waals surface area contributed by atoms with E-state index in [1.165, 1.54) is 0 Å². The number of hydrogen-bond donors (Lipinski definition) is 3. The molecule has 7 aromatic heterocycles. The van der Waals surface area contributed by atoms with Crippen molar-refractivity contribution in [3.8, 4) is 22.9 Å². The third-order valence-electron chi connectivity index (χ3n) is 7.69. The van der Waals surface area contributed by atoms with E-state index in [0.29, 0.717) is 69.6 Å². The van der Waals surface area contributed by atoms with Crippen molar-refractivity contribution in [1.82, 2.24) is 54.9 Å². The minimum atomic E-state index is 0.139. The maximum Gasteiger partial charge on any atom is 0.222 e. The Morgan fingerprint density at radius 2 is 1.26 bits per heavy atom. The summed E-state index contributed by atoms with van der Waals surface area (Å²) in [5.41, 5.74) is 25.8. The fourth-order valence-corrected chi connectivity index (χ4v) is 5.68. The van der Waals surface area contributed by atoms with Gasteiger partial charge in [-0.2, -0.15) is 9.97 Å². The summed E-state index contributed by atoms with van der Waals surface area (Å²) < 4.78 is 14.2. The van der Waals surface area contributed by atoms with Crippen LogP contribution in [-0.2, 0) is 18.4 Å². The summed E-state index contributed by atoms with van der Waals surface area (Å²) in [7, 11) is 0. The van der Waals surface area contributed by atoms with Gasteiger partial charge in [-0.15, -0.1) is 10.2 Å². The molecular formula is C33H31BrN14O2. The van der Waals surface area contributed by atoms with Crippen LogP contribution in [0, 0.1) is 0 Å². The van der Waals surface area contributed by atoms with E-state index >= 15 is 0 Å². The number of nitrogens with two attached hydrogens (primary N) is 3. The average Bonchev–Trinajstić information content (AvgIpc) is 3.95. The van der Waals surface area contributed by atoms with Gasteiger partial charge in [0.2, 0.25) is 11.9 Å². The van der Waals surface area contributed by atoms with Gasteiger partial charge in [0.1, 0.15) is 11.4 Å². The first-order valence-electron chi connectivity index (χ1n) is 15.5. The summed E-state index contributed by atoms with van der Waals surface area (Å²) >= 11 is 3.41. The first-order valence-corrected chi connectivity index (χ1v) is 16.6. The second kappa shape index (κ2) is 13.7. The zero-order valence-electron chi connectivity index (χ0n) is 27.0. The van der Waals surface area contributed by atoms with E-state index in [1.54, 1.807) is 46.2 Å². The van der Waals surface area contributed by atoms with E-state index < -0.39 is 0 Å². The molecule has 1 aromatic carbocycles. The van der Waals surface area contributed by atoms with Gasteiger partial charge in [0.15, 0.2) is 33.8 Å². The SMILES string of the molecule is CC(C)c1cc(Cn2nnc3c(-c4ccco4)nc(N)nc32)ccc1N.Nc1nc(-c2ccco2)c2nnn(Cc3cccc(CBr)n3)c2n1. The Labute approximate surface area is 292 Å². The number of nitrogens with zero attached hydrogens (tertiary/aromatic N) is 11. The highest BCUT2D eigenvalue weighted by Gasteiger charge is 2.19. The summed E-state index contributed by atoms with van der Waals surface area (Å²) in [6.45, 7) is 5.17. The third kappa shape index (κ3) is 6.57. The van der Waals surface area contributed by atoms with Gasteiger partial charge in [-0.3, -0.25) is 4.98 Å². The minimum Gasteiger partial charge on any atom is -0.463 e. The van der Waals surface area contributed by atoms with Gasteiger partial charge in [-0.1, -0.05) is 58.4 Å². The van der Waals surface area contributed by atoms with Crippen LogP contribution in [0.5, 0.6) is 0 Å². The van der Waals surface area contributed by atoms with E-state index in [-0.39, 0.29) is 11.9 Å². The smallest absolute Gasteiger partial charge is 0.222 e. The van der Waals surface area contributed by atoms with E-state index in [4.69, 9.17) is 26.0 Å². The lowest BCUT2D eigenvalue weighted by Crippen LogP contribution is -2.07. The molecule has 0 atom stereocenters. The predicted octanol–water partition coefficient (Wildman–Crippen LogP) is 5.22. The number of hydrogen-bond acceptors (Lipinski definition) is 14. The second-order valence-electron chi connectivity index (χ2n) is 11.5. The normalized spacial score (nSPS) is 11.4. The number of anilines is 3. The number of aromatic nitrogens is 11. The van der Waals surface area contributed by atoms with Crippen molar-refractivity contribution >= 4 is 55.8 Å². The van der Waals surface area contributed by atoms with Crippen molar-refractivity contribution in [2.45, 2.75) is 38.2 Å². The Balaban J connectivity index is 0.000000157. The van der Waals surface area contributed by atoms with Crippen LogP contribution in [0.25, 0.3) is 45.2 Å². The molecule has 0 radical (unpaired) electrons. The van der Waals surface area contributed by atoms with Gasteiger partial charge in [-0.25, -0.2) is 19.3 Å². The minimum absolute atomic E-state index is 0.139. The zero-order chi connectivity index (χ0) is 34.8. The molecule has 0 unspecified atom stereocenters. The quantitative estimate of drug-likeness (QED) is 0.134. The highest BCUT2D eigenvalue weighted by molar-refractivity contribution is 9.08. The molecule has 0 fully saturated rings. The topological polar surface area (TPSA) is 230 Å². The third-order valence-corrected chi connectivity index (χ3v) is 8.26. The van der Waals surface area contributed by atoms with Crippen molar-refractivity contribution < 1.29 is 8.83 Å². The lowest BCUT2D eigenvalue weighted by atomic mass is 9.99. The molecule has 50 heavy (non-hydrogen) atoms. The summed E-state index contributed by atoms with van der Waals surface area (Å²) in [6, 6.07) is 19.0. The van der Waals surface area contributed by atoms with Gasteiger partial charge in [0.05, 0.1) is 37.0 Å². The van der Waals surface area contributed by atoms with Crippen molar-refractivity contribution in [2.75, 3.05) is 17.2 Å². The molecule has 0 saturated heterocycles. The van der Waals surface area contributed by atoms with Crippen molar-refractivity contribution in [3.63, 3.8) is 0 Å². The van der Waals surface area contributed by atoms with E-state index in [1.807, 2.05) is 30.3 Å². The van der Waals surface area contributed by atoms with Crippen LogP contribution in [0.1, 0.15) is 42.3 Å². The van der Waals surface area contributed by atoms with Crippen LogP contribution in [-0.4, -0.2) is 54.9 Å². The predicted molar refractivity (Wildman–Crippen MR) is 190 cm³/mol. The van der Waals surface area contributed by atoms with Gasteiger partial charge >= 0.3 is 0 Å². The van der Waals surface area contributed by atoms with Crippen LogP contribution in [0.4, 0.5) is 17.6 Å². The Kier molecular flexibility index (Phi) is 8.86. The maximum absolute atomic E-state index is 6.07. The molecule has 0 amide bonds. The highest BCUT2D eigenvalue weighted by Crippen LogP contribution is 2.28. The van der Waals surface area contributed by atoms with Gasteiger partial charge in [0, 0.05) is 11.0 Å². The number of benzene rings is 1. The largest absolute Gasteiger partial charge is 0.463 e. The van der Waals surface area contributed by atoms with E-state index in [0.717, 1.165) is 28.2 Å². The van der Waals surface area contributed by atoms with Gasteiger partial charge < -0.3 is 26.0 Å². The average molecular weight is 736 g/mol. The lowest BCUT2D eigenvalue weighted by molar-refractivity contribution is 0.580. The zero-order valence-corrected chi connectivity index (χ0v) is 28.6. The van der Waals surface area contributed by atoms with E-state index in [9.17, 15) is 0 Å². The molecule has 0 aliphatic rings. The number of fused-ring (bicyclic) bond motifs is 2. The summed E-state index contributed by atoms with van der Waals surface area (Å²) in [6.07, 6.45) is 3.14. The van der Waals surface area contributed by atoms with Crippen LogP contribution in [0.15, 0.2) is 82.0 Å².